The summed E-state index contributed by atoms with van der Waals surface area (Å²) in [5, 5.41) is 0. The van der Waals surface area contributed by atoms with Gasteiger partial charge in [-0.2, -0.15) is 0 Å². The summed E-state index contributed by atoms with van der Waals surface area (Å²) in [7, 11) is 0. The summed E-state index contributed by atoms with van der Waals surface area (Å²) in [5.41, 5.74) is 2.42. The molecule has 1 aromatic carbocycles. The summed E-state index contributed by atoms with van der Waals surface area (Å²) < 4.78 is 0. The number of hydrogen-bond acceptors (Lipinski definition) is 1. The number of amides is 1. The molecule has 0 spiro atoms. The third kappa shape index (κ3) is 1.33. The predicted octanol–water partition coefficient (Wildman–Crippen LogP) is 2.58. The van der Waals surface area contributed by atoms with Gasteiger partial charge in [-0.3, -0.25) is 4.79 Å². The van der Waals surface area contributed by atoms with E-state index < -0.39 is 0 Å². The highest BCUT2D eigenvalue weighted by Gasteiger charge is 2.20. The molecule has 1 aliphatic rings. The first kappa shape index (κ1) is 9.00. The fourth-order valence-corrected chi connectivity index (χ4v) is 1.86. The molecule has 0 saturated carbocycles. The number of carbonyl (C=O) groups is 1. The van der Waals surface area contributed by atoms with Crippen molar-refractivity contribution in [3.63, 3.8) is 0 Å². The van der Waals surface area contributed by atoms with Gasteiger partial charge in [0.2, 0.25) is 5.91 Å². The Labute approximate surface area is 83.8 Å². The van der Waals surface area contributed by atoms with E-state index in [2.05, 4.69) is 12.1 Å². The third-order valence-electron chi connectivity index (χ3n) is 2.64. The highest BCUT2D eigenvalue weighted by Crippen LogP contribution is 2.29. The second-order valence-electron chi connectivity index (χ2n) is 3.55. The number of hydrogen-bond donors (Lipinski definition) is 0. The second-order valence-corrected chi connectivity index (χ2v) is 3.55. The van der Waals surface area contributed by atoms with Crippen molar-refractivity contribution in [1.29, 1.82) is 0 Å². The standard InChI is InChI=1S/C12H13NO/c1-9-12-6-4-3-5-11(12)7-8-13(9)10(2)14/h3-9H,1-2H3/t9-/m1/s1. The van der Waals surface area contributed by atoms with E-state index in [1.807, 2.05) is 31.3 Å². The van der Waals surface area contributed by atoms with Crippen molar-refractivity contribution in [2.24, 2.45) is 0 Å². The molecule has 2 rings (SSSR count). The monoisotopic (exact) mass is 187 g/mol. The van der Waals surface area contributed by atoms with Crippen molar-refractivity contribution in [2.75, 3.05) is 0 Å². The number of carbonyl (C=O) groups excluding carboxylic acids is 1. The van der Waals surface area contributed by atoms with Gasteiger partial charge in [-0.15, -0.1) is 0 Å². The first-order valence-corrected chi connectivity index (χ1v) is 4.76. The molecule has 1 amide bonds. The van der Waals surface area contributed by atoms with Crippen LogP contribution in [0.5, 0.6) is 0 Å². The van der Waals surface area contributed by atoms with Crippen LogP contribution in [0, 0.1) is 0 Å². The minimum atomic E-state index is 0.0863. The van der Waals surface area contributed by atoms with Gasteiger partial charge in [0.15, 0.2) is 0 Å². The quantitative estimate of drug-likeness (QED) is 0.611. The molecule has 0 fully saturated rings. The maximum absolute atomic E-state index is 11.3. The molecule has 0 aliphatic carbocycles. The molecule has 72 valence electrons. The molecule has 0 saturated heterocycles. The van der Waals surface area contributed by atoms with Crippen LogP contribution in [0.1, 0.15) is 31.0 Å². The summed E-state index contributed by atoms with van der Waals surface area (Å²) in [6, 6.07) is 8.31. The Morgan fingerprint density at radius 3 is 2.79 bits per heavy atom. The molecule has 14 heavy (non-hydrogen) atoms. The summed E-state index contributed by atoms with van der Waals surface area (Å²) in [5.74, 6) is 0.0863. The van der Waals surface area contributed by atoms with Crippen LogP contribution >= 0.6 is 0 Å². The lowest BCUT2D eigenvalue weighted by molar-refractivity contribution is -0.128. The van der Waals surface area contributed by atoms with Crippen molar-refractivity contribution in [1.82, 2.24) is 4.90 Å². The van der Waals surface area contributed by atoms with Gasteiger partial charge in [-0.05, 0) is 24.1 Å². The van der Waals surface area contributed by atoms with Gasteiger partial charge >= 0.3 is 0 Å². The Kier molecular flexibility index (Phi) is 2.12. The molecule has 0 N–H and O–H groups in total. The Morgan fingerprint density at radius 1 is 1.36 bits per heavy atom. The van der Waals surface area contributed by atoms with E-state index in [4.69, 9.17) is 0 Å². The van der Waals surface area contributed by atoms with Crippen LogP contribution < -0.4 is 0 Å². The van der Waals surface area contributed by atoms with Crippen LogP contribution in [0.3, 0.4) is 0 Å². The van der Waals surface area contributed by atoms with Gasteiger partial charge in [0.05, 0.1) is 6.04 Å². The Hall–Kier alpha value is -1.57. The summed E-state index contributed by atoms with van der Waals surface area (Å²) in [6.45, 7) is 3.64. The topological polar surface area (TPSA) is 20.3 Å². The highest BCUT2D eigenvalue weighted by molar-refractivity contribution is 5.77. The van der Waals surface area contributed by atoms with Gasteiger partial charge in [0, 0.05) is 13.1 Å². The zero-order valence-corrected chi connectivity index (χ0v) is 8.40. The Bertz CT molecular complexity index is 395. The smallest absolute Gasteiger partial charge is 0.223 e. The summed E-state index contributed by atoms with van der Waals surface area (Å²) in [4.78, 5) is 13.0. The molecular formula is C12H13NO. The Morgan fingerprint density at radius 2 is 2.07 bits per heavy atom. The van der Waals surface area contributed by atoms with E-state index in [0.717, 1.165) is 0 Å². The van der Waals surface area contributed by atoms with Crippen LogP contribution in [0.25, 0.3) is 6.08 Å². The summed E-state index contributed by atoms with van der Waals surface area (Å²) >= 11 is 0. The van der Waals surface area contributed by atoms with Gasteiger partial charge in [-0.25, -0.2) is 0 Å². The van der Waals surface area contributed by atoms with E-state index in [-0.39, 0.29) is 11.9 Å². The number of fused-ring (bicyclic) bond motifs is 1. The minimum absolute atomic E-state index is 0.0863. The molecule has 0 bridgehead atoms. The first-order chi connectivity index (χ1) is 6.70. The zero-order chi connectivity index (χ0) is 10.1. The van der Waals surface area contributed by atoms with Crippen molar-refractivity contribution in [3.8, 4) is 0 Å². The molecule has 1 heterocycles. The van der Waals surface area contributed by atoms with E-state index in [1.165, 1.54) is 11.1 Å². The molecule has 2 heteroatoms. The first-order valence-electron chi connectivity index (χ1n) is 4.76. The van der Waals surface area contributed by atoms with Crippen molar-refractivity contribution in [2.45, 2.75) is 19.9 Å². The SMILES string of the molecule is CC(=O)N1C=Cc2ccccc2[C@H]1C. The second kappa shape index (κ2) is 3.29. The van der Waals surface area contributed by atoms with Crippen LogP contribution in [0.2, 0.25) is 0 Å². The molecule has 1 aromatic rings. The van der Waals surface area contributed by atoms with Crippen LogP contribution in [-0.2, 0) is 4.79 Å². The van der Waals surface area contributed by atoms with E-state index >= 15 is 0 Å². The average Bonchev–Trinajstić information content (AvgIpc) is 2.18. The lowest BCUT2D eigenvalue weighted by atomic mass is 9.97. The fourth-order valence-electron chi connectivity index (χ4n) is 1.86. The highest BCUT2D eigenvalue weighted by atomic mass is 16.2. The molecular weight excluding hydrogens is 174 g/mol. The molecule has 0 radical (unpaired) electrons. The lowest BCUT2D eigenvalue weighted by Gasteiger charge is -2.29. The normalized spacial score (nSPS) is 19.3. The van der Waals surface area contributed by atoms with Crippen molar-refractivity contribution < 1.29 is 4.79 Å². The van der Waals surface area contributed by atoms with Gasteiger partial charge < -0.3 is 4.90 Å². The predicted molar refractivity (Wildman–Crippen MR) is 56.4 cm³/mol. The lowest BCUT2D eigenvalue weighted by Crippen LogP contribution is -2.28. The molecule has 2 nitrogen and oxygen atoms in total. The third-order valence-corrected chi connectivity index (χ3v) is 2.64. The van der Waals surface area contributed by atoms with Crippen molar-refractivity contribution in [3.05, 3.63) is 41.6 Å². The van der Waals surface area contributed by atoms with Crippen LogP contribution in [0.4, 0.5) is 0 Å². The summed E-state index contributed by atoms with van der Waals surface area (Å²) in [6.07, 6.45) is 3.84. The van der Waals surface area contributed by atoms with Gasteiger partial charge in [0.25, 0.3) is 0 Å². The van der Waals surface area contributed by atoms with E-state index in [1.54, 1.807) is 11.8 Å². The molecule has 1 atom stereocenters. The van der Waals surface area contributed by atoms with Crippen LogP contribution in [0.15, 0.2) is 30.5 Å². The van der Waals surface area contributed by atoms with E-state index in [9.17, 15) is 4.79 Å². The van der Waals surface area contributed by atoms with E-state index in [0.29, 0.717) is 0 Å². The maximum Gasteiger partial charge on any atom is 0.223 e. The largest absolute Gasteiger partial charge is 0.312 e. The van der Waals surface area contributed by atoms with Gasteiger partial charge in [-0.1, -0.05) is 24.3 Å². The van der Waals surface area contributed by atoms with Gasteiger partial charge in [0.1, 0.15) is 0 Å². The average molecular weight is 187 g/mol. The minimum Gasteiger partial charge on any atom is -0.312 e. The zero-order valence-electron chi connectivity index (χ0n) is 8.40. The maximum atomic E-state index is 11.3. The molecule has 0 unspecified atom stereocenters. The number of nitrogens with zero attached hydrogens (tertiary/aromatic N) is 1. The van der Waals surface area contributed by atoms with Crippen molar-refractivity contribution >= 4 is 12.0 Å². The molecule has 1 aliphatic heterocycles. The number of rotatable bonds is 0. The Balaban J connectivity index is 2.44. The van der Waals surface area contributed by atoms with Crippen LogP contribution in [-0.4, -0.2) is 10.8 Å². The number of benzene rings is 1. The molecule has 0 aromatic heterocycles. The fraction of sp³-hybridized carbons (Fsp3) is 0.250.